The molecule has 0 saturated carbocycles. The van der Waals surface area contributed by atoms with Crippen LogP contribution in [-0.2, 0) is 6.42 Å². The Morgan fingerprint density at radius 1 is 1.00 bits per heavy atom. The summed E-state index contributed by atoms with van der Waals surface area (Å²) < 4.78 is 0. The Kier molecular flexibility index (Phi) is 4.77. The minimum atomic E-state index is 0.623. The van der Waals surface area contributed by atoms with E-state index >= 15 is 0 Å². The van der Waals surface area contributed by atoms with Crippen molar-refractivity contribution in [3.8, 4) is 11.8 Å². The first kappa shape index (κ1) is 10.8. The summed E-state index contributed by atoms with van der Waals surface area (Å²) in [4.78, 5) is 0. The topological polar surface area (TPSA) is 52.0 Å². The second-order valence-electron chi connectivity index (χ2n) is 3.08. The predicted molar refractivity (Wildman–Crippen MR) is 59.7 cm³/mol. The van der Waals surface area contributed by atoms with Crippen molar-refractivity contribution in [1.29, 1.82) is 0 Å². The van der Waals surface area contributed by atoms with Crippen LogP contribution >= 0.6 is 0 Å². The molecule has 1 aromatic carbocycles. The molecular formula is C12H16N2. The highest BCUT2D eigenvalue weighted by molar-refractivity contribution is 5.36. The second kappa shape index (κ2) is 6.20. The Morgan fingerprint density at radius 2 is 1.71 bits per heavy atom. The van der Waals surface area contributed by atoms with Gasteiger partial charge in [-0.1, -0.05) is 24.0 Å². The standard InChI is InChI=1S/C12H16N2/c13-9-2-1-3-11-4-6-12(7-5-11)8-10-14/h4-7H,2,8-10,13-14H2. The minimum absolute atomic E-state index is 0.623. The molecule has 1 aromatic rings. The van der Waals surface area contributed by atoms with E-state index in [1.165, 1.54) is 5.56 Å². The fourth-order valence-corrected chi connectivity index (χ4v) is 1.16. The van der Waals surface area contributed by atoms with E-state index in [2.05, 4.69) is 24.0 Å². The molecule has 0 radical (unpaired) electrons. The Balaban J connectivity index is 2.60. The molecule has 0 spiro atoms. The van der Waals surface area contributed by atoms with Crippen LogP contribution in [0.5, 0.6) is 0 Å². The van der Waals surface area contributed by atoms with Crippen LogP contribution in [-0.4, -0.2) is 13.1 Å². The van der Waals surface area contributed by atoms with Gasteiger partial charge in [-0.15, -0.1) is 0 Å². The van der Waals surface area contributed by atoms with Gasteiger partial charge in [0, 0.05) is 18.5 Å². The van der Waals surface area contributed by atoms with Gasteiger partial charge in [-0.05, 0) is 30.7 Å². The molecule has 2 heteroatoms. The minimum Gasteiger partial charge on any atom is -0.330 e. The molecule has 0 aromatic heterocycles. The molecule has 0 aliphatic carbocycles. The SMILES string of the molecule is NCCC#Cc1ccc(CCN)cc1. The van der Waals surface area contributed by atoms with Crippen LogP contribution in [0.1, 0.15) is 17.5 Å². The number of benzene rings is 1. The molecule has 74 valence electrons. The molecule has 0 amide bonds. The lowest BCUT2D eigenvalue weighted by Gasteiger charge is -1.97. The quantitative estimate of drug-likeness (QED) is 0.692. The maximum Gasteiger partial charge on any atom is 0.0245 e. The summed E-state index contributed by atoms with van der Waals surface area (Å²) in [5.41, 5.74) is 13.1. The van der Waals surface area contributed by atoms with Gasteiger partial charge in [0.25, 0.3) is 0 Å². The van der Waals surface area contributed by atoms with Gasteiger partial charge < -0.3 is 11.5 Å². The molecule has 0 heterocycles. The zero-order valence-corrected chi connectivity index (χ0v) is 8.29. The van der Waals surface area contributed by atoms with E-state index in [-0.39, 0.29) is 0 Å². The van der Waals surface area contributed by atoms with E-state index in [4.69, 9.17) is 11.5 Å². The molecule has 2 nitrogen and oxygen atoms in total. The summed E-state index contributed by atoms with van der Waals surface area (Å²) in [6.45, 7) is 1.32. The molecule has 0 bridgehead atoms. The summed E-state index contributed by atoms with van der Waals surface area (Å²) >= 11 is 0. The average molecular weight is 188 g/mol. The van der Waals surface area contributed by atoms with E-state index in [0.29, 0.717) is 13.1 Å². The van der Waals surface area contributed by atoms with Crippen LogP contribution in [0.3, 0.4) is 0 Å². The highest BCUT2D eigenvalue weighted by atomic mass is 14.5. The zero-order valence-electron chi connectivity index (χ0n) is 8.29. The van der Waals surface area contributed by atoms with Crippen molar-refractivity contribution in [3.63, 3.8) is 0 Å². The molecule has 0 unspecified atom stereocenters. The number of rotatable bonds is 3. The van der Waals surface area contributed by atoms with Gasteiger partial charge >= 0.3 is 0 Å². The van der Waals surface area contributed by atoms with Crippen LogP contribution < -0.4 is 11.5 Å². The Hall–Kier alpha value is -1.30. The van der Waals surface area contributed by atoms with Crippen molar-refractivity contribution < 1.29 is 0 Å². The largest absolute Gasteiger partial charge is 0.330 e. The molecule has 0 fully saturated rings. The predicted octanol–water partition coefficient (Wildman–Crippen LogP) is 0.888. The van der Waals surface area contributed by atoms with Crippen LogP contribution in [0, 0.1) is 11.8 Å². The highest BCUT2D eigenvalue weighted by Gasteiger charge is 1.90. The van der Waals surface area contributed by atoms with Crippen LogP contribution in [0.25, 0.3) is 0 Å². The summed E-state index contributed by atoms with van der Waals surface area (Å²) in [5.74, 6) is 6.06. The average Bonchev–Trinajstić information content (AvgIpc) is 2.21. The summed E-state index contributed by atoms with van der Waals surface area (Å²) in [5, 5.41) is 0. The van der Waals surface area contributed by atoms with Gasteiger partial charge in [0.1, 0.15) is 0 Å². The monoisotopic (exact) mass is 188 g/mol. The first-order valence-corrected chi connectivity index (χ1v) is 4.84. The van der Waals surface area contributed by atoms with Crippen molar-refractivity contribution >= 4 is 0 Å². The smallest absolute Gasteiger partial charge is 0.0245 e. The first-order chi connectivity index (χ1) is 6.86. The third kappa shape index (κ3) is 3.61. The van der Waals surface area contributed by atoms with Gasteiger partial charge in [0.15, 0.2) is 0 Å². The number of hydrogen-bond acceptors (Lipinski definition) is 2. The van der Waals surface area contributed by atoms with E-state index in [1.54, 1.807) is 0 Å². The van der Waals surface area contributed by atoms with Crippen molar-refractivity contribution in [2.24, 2.45) is 11.5 Å². The third-order valence-corrected chi connectivity index (χ3v) is 1.89. The lowest BCUT2D eigenvalue weighted by Crippen LogP contribution is -2.02. The fourth-order valence-electron chi connectivity index (χ4n) is 1.16. The van der Waals surface area contributed by atoms with Crippen molar-refractivity contribution in [2.75, 3.05) is 13.1 Å². The zero-order chi connectivity index (χ0) is 10.2. The molecule has 0 aliphatic heterocycles. The van der Waals surface area contributed by atoms with Crippen LogP contribution in [0.15, 0.2) is 24.3 Å². The summed E-state index contributed by atoms with van der Waals surface area (Å²) in [7, 11) is 0. The molecular weight excluding hydrogens is 172 g/mol. The van der Waals surface area contributed by atoms with Gasteiger partial charge in [-0.25, -0.2) is 0 Å². The van der Waals surface area contributed by atoms with E-state index < -0.39 is 0 Å². The summed E-state index contributed by atoms with van der Waals surface area (Å²) in [6.07, 6.45) is 1.68. The third-order valence-electron chi connectivity index (χ3n) is 1.89. The van der Waals surface area contributed by atoms with Crippen molar-refractivity contribution in [2.45, 2.75) is 12.8 Å². The van der Waals surface area contributed by atoms with Crippen LogP contribution in [0.4, 0.5) is 0 Å². The van der Waals surface area contributed by atoms with Crippen LogP contribution in [0.2, 0.25) is 0 Å². The number of hydrogen-bond donors (Lipinski definition) is 2. The van der Waals surface area contributed by atoms with Crippen molar-refractivity contribution in [3.05, 3.63) is 35.4 Å². The normalized spacial score (nSPS) is 9.29. The van der Waals surface area contributed by atoms with E-state index in [9.17, 15) is 0 Å². The lowest BCUT2D eigenvalue weighted by molar-refractivity contribution is 0.968. The lowest BCUT2D eigenvalue weighted by atomic mass is 10.1. The second-order valence-corrected chi connectivity index (χ2v) is 3.08. The number of nitrogens with two attached hydrogens (primary N) is 2. The molecule has 1 rings (SSSR count). The molecule has 0 atom stereocenters. The molecule has 0 saturated heterocycles. The van der Waals surface area contributed by atoms with Gasteiger partial charge in [-0.2, -0.15) is 0 Å². The Morgan fingerprint density at radius 3 is 2.29 bits per heavy atom. The molecule has 14 heavy (non-hydrogen) atoms. The Labute approximate surface area is 85.3 Å². The molecule has 4 N–H and O–H groups in total. The van der Waals surface area contributed by atoms with E-state index in [0.717, 1.165) is 18.4 Å². The first-order valence-electron chi connectivity index (χ1n) is 4.84. The van der Waals surface area contributed by atoms with Gasteiger partial charge in [0.2, 0.25) is 0 Å². The van der Waals surface area contributed by atoms with Gasteiger partial charge in [0.05, 0.1) is 0 Å². The maximum absolute atomic E-state index is 5.45. The van der Waals surface area contributed by atoms with Crippen molar-refractivity contribution in [1.82, 2.24) is 0 Å². The molecule has 0 aliphatic rings. The highest BCUT2D eigenvalue weighted by Crippen LogP contribution is 2.03. The fraction of sp³-hybridized carbons (Fsp3) is 0.333. The Bertz CT molecular complexity index is 316. The van der Waals surface area contributed by atoms with Gasteiger partial charge in [-0.3, -0.25) is 0 Å². The summed E-state index contributed by atoms with van der Waals surface area (Å²) in [6, 6.07) is 8.18. The van der Waals surface area contributed by atoms with E-state index in [1.807, 2.05) is 12.1 Å². The maximum atomic E-state index is 5.45.